The highest BCUT2D eigenvalue weighted by atomic mass is 32.2. The van der Waals surface area contributed by atoms with Gasteiger partial charge in [-0.2, -0.15) is 5.10 Å². The summed E-state index contributed by atoms with van der Waals surface area (Å²) >= 11 is 0. The molecule has 1 amide bonds. The molecule has 1 aliphatic rings. The molecule has 17 heavy (non-hydrogen) atoms. The van der Waals surface area contributed by atoms with Gasteiger partial charge in [0.25, 0.3) is 10.0 Å². The molecule has 0 atom stereocenters. The number of aromatic nitrogens is 2. The molecular weight excluding hydrogens is 244 g/mol. The Kier molecular flexibility index (Phi) is 3.43. The second-order valence-corrected chi connectivity index (χ2v) is 5.57. The number of rotatable bonds is 4. The molecule has 94 valence electrons. The number of nitrogens with one attached hydrogen (secondary N) is 2. The van der Waals surface area contributed by atoms with Crippen molar-refractivity contribution in [1.82, 2.24) is 19.8 Å². The third kappa shape index (κ3) is 2.83. The summed E-state index contributed by atoms with van der Waals surface area (Å²) in [5.74, 6) is -0.189. The maximum absolute atomic E-state index is 11.7. The summed E-state index contributed by atoms with van der Waals surface area (Å²) in [4.78, 5) is 13.3. The van der Waals surface area contributed by atoms with Crippen molar-refractivity contribution in [3.05, 3.63) is 12.3 Å². The van der Waals surface area contributed by atoms with Gasteiger partial charge < -0.3 is 4.90 Å². The van der Waals surface area contributed by atoms with Crippen LogP contribution in [0.4, 0.5) is 0 Å². The Morgan fingerprint density at radius 3 is 2.76 bits per heavy atom. The highest BCUT2D eigenvalue weighted by Crippen LogP contribution is 2.07. The van der Waals surface area contributed by atoms with Crippen molar-refractivity contribution < 1.29 is 13.2 Å². The fourth-order valence-electron chi connectivity index (χ4n) is 1.71. The zero-order valence-electron chi connectivity index (χ0n) is 9.22. The molecule has 7 nitrogen and oxygen atoms in total. The molecule has 0 saturated carbocycles. The molecule has 0 unspecified atom stereocenters. The number of carbonyl (C=O) groups is 1. The standard InChI is InChI=1S/C9H14N4O3S/c14-9(13-5-1-2-6-13)7-11-17(15,16)8-3-4-10-12-8/h3-4,11H,1-2,5-7H2,(H,10,12). The number of H-pyrrole nitrogens is 1. The highest BCUT2D eigenvalue weighted by molar-refractivity contribution is 7.89. The molecule has 2 heterocycles. The minimum atomic E-state index is -3.66. The lowest BCUT2D eigenvalue weighted by Crippen LogP contribution is -2.38. The lowest BCUT2D eigenvalue weighted by Gasteiger charge is -2.15. The summed E-state index contributed by atoms with van der Waals surface area (Å²) in [6.07, 6.45) is 3.31. The summed E-state index contributed by atoms with van der Waals surface area (Å²) in [6.45, 7) is 1.22. The van der Waals surface area contributed by atoms with Crippen LogP contribution in [0.15, 0.2) is 17.3 Å². The number of hydrogen-bond acceptors (Lipinski definition) is 4. The summed E-state index contributed by atoms with van der Waals surface area (Å²) in [7, 11) is -3.66. The molecule has 1 fully saturated rings. The van der Waals surface area contributed by atoms with Gasteiger partial charge >= 0.3 is 0 Å². The van der Waals surface area contributed by atoms with Gasteiger partial charge in [0, 0.05) is 13.1 Å². The fraction of sp³-hybridized carbons (Fsp3) is 0.556. The first kappa shape index (κ1) is 12.1. The van der Waals surface area contributed by atoms with E-state index in [2.05, 4.69) is 14.9 Å². The number of carbonyl (C=O) groups excluding carboxylic acids is 1. The van der Waals surface area contributed by atoms with Crippen LogP contribution < -0.4 is 4.72 Å². The second kappa shape index (κ2) is 4.84. The highest BCUT2D eigenvalue weighted by Gasteiger charge is 2.21. The number of hydrogen-bond donors (Lipinski definition) is 2. The Hall–Kier alpha value is -1.41. The fourth-order valence-corrected chi connectivity index (χ4v) is 2.59. The number of likely N-dealkylation sites (tertiary alicyclic amines) is 1. The minimum Gasteiger partial charge on any atom is -0.342 e. The normalized spacial score (nSPS) is 16.4. The molecule has 0 aromatic carbocycles. The van der Waals surface area contributed by atoms with E-state index in [0.29, 0.717) is 13.1 Å². The van der Waals surface area contributed by atoms with Gasteiger partial charge in [0.1, 0.15) is 0 Å². The van der Waals surface area contributed by atoms with Crippen molar-refractivity contribution >= 4 is 15.9 Å². The van der Waals surface area contributed by atoms with E-state index in [4.69, 9.17) is 0 Å². The molecule has 0 radical (unpaired) electrons. The van der Waals surface area contributed by atoms with Crippen LogP contribution >= 0.6 is 0 Å². The van der Waals surface area contributed by atoms with Gasteiger partial charge in [-0.1, -0.05) is 0 Å². The molecule has 1 aliphatic heterocycles. The Bertz CT molecular complexity index is 476. The smallest absolute Gasteiger partial charge is 0.257 e. The number of amides is 1. The van der Waals surface area contributed by atoms with E-state index in [1.54, 1.807) is 4.90 Å². The molecular formula is C9H14N4O3S. The first-order valence-electron chi connectivity index (χ1n) is 5.36. The largest absolute Gasteiger partial charge is 0.342 e. The first-order chi connectivity index (χ1) is 8.09. The van der Waals surface area contributed by atoms with Crippen LogP contribution in [0, 0.1) is 0 Å². The van der Waals surface area contributed by atoms with E-state index in [-0.39, 0.29) is 17.5 Å². The monoisotopic (exact) mass is 258 g/mol. The van der Waals surface area contributed by atoms with E-state index in [9.17, 15) is 13.2 Å². The maximum atomic E-state index is 11.7. The van der Waals surface area contributed by atoms with Crippen LogP contribution in [0.1, 0.15) is 12.8 Å². The van der Waals surface area contributed by atoms with Gasteiger partial charge in [0.05, 0.1) is 12.7 Å². The Labute approximate surface area is 99.2 Å². The first-order valence-corrected chi connectivity index (χ1v) is 6.85. The van der Waals surface area contributed by atoms with Gasteiger partial charge in [-0.15, -0.1) is 0 Å². The van der Waals surface area contributed by atoms with Crippen LogP contribution in [-0.2, 0) is 14.8 Å². The quantitative estimate of drug-likeness (QED) is 0.747. The Morgan fingerprint density at radius 2 is 2.18 bits per heavy atom. The van der Waals surface area contributed by atoms with E-state index in [0.717, 1.165) is 12.8 Å². The van der Waals surface area contributed by atoms with Crippen molar-refractivity contribution in [1.29, 1.82) is 0 Å². The number of sulfonamides is 1. The number of nitrogens with zero attached hydrogens (tertiary/aromatic N) is 2. The van der Waals surface area contributed by atoms with Crippen LogP contribution in [0.25, 0.3) is 0 Å². The van der Waals surface area contributed by atoms with Crippen LogP contribution in [-0.4, -0.2) is 49.1 Å². The molecule has 1 aromatic heterocycles. The van der Waals surface area contributed by atoms with Gasteiger partial charge in [-0.05, 0) is 18.9 Å². The molecule has 1 aromatic rings. The third-order valence-electron chi connectivity index (χ3n) is 2.64. The summed E-state index contributed by atoms with van der Waals surface area (Å²) < 4.78 is 25.6. The topological polar surface area (TPSA) is 95.2 Å². The molecule has 8 heteroatoms. The second-order valence-electron chi connectivity index (χ2n) is 3.83. The SMILES string of the molecule is O=C(CNS(=O)(=O)c1ccn[nH]1)N1CCCC1. The zero-order chi connectivity index (χ0) is 12.3. The van der Waals surface area contributed by atoms with Gasteiger partial charge in [0.15, 0.2) is 5.03 Å². The molecule has 2 N–H and O–H groups in total. The van der Waals surface area contributed by atoms with Gasteiger partial charge in [-0.3, -0.25) is 9.89 Å². The maximum Gasteiger partial charge on any atom is 0.257 e. The van der Waals surface area contributed by atoms with E-state index >= 15 is 0 Å². The van der Waals surface area contributed by atoms with E-state index in [1.807, 2.05) is 0 Å². The van der Waals surface area contributed by atoms with Gasteiger partial charge in [0.2, 0.25) is 5.91 Å². The summed E-state index contributed by atoms with van der Waals surface area (Å²) in [6, 6.07) is 1.34. The van der Waals surface area contributed by atoms with Crippen molar-refractivity contribution in [3.63, 3.8) is 0 Å². The predicted octanol–water partition coefficient (Wildman–Crippen LogP) is -0.690. The molecule has 2 rings (SSSR count). The molecule has 1 saturated heterocycles. The summed E-state index contributed by atoms with van der Waals surface area (Å²) in [5.41, 5.74) is 0. The molecule has 0 aliphatic carbocycles. The molecule has 0 spiro atoms. The van der Waals surface area contributed by atoms with Crippen molar-refractivity contribution in [2.24, 2.45) is 0 Å². The third-order valence-corrected chi connectivity index (χ3v) is 3.97. The molecule has 0 bridgehead atoms. The Balaban J connectivity index is 1.91. The van der Waals surface area contributed by atoms with Crippen molar-refractivity contribution in [3.8, 4) is 0 Å². The van der Waals surface area contributed by atoms with Crippen LogP contribution in [0.3, 0.4) is 0 Å². The summed E-state index contributed by atoms with van der Waals surface area (Å²) in [5, 5.41) is 5.86. The average molecular weight is 258 g/mol. The predicted molar refractivity (Wildman–Crippen MR) is 59.6 cm³/mol. The minimum absolute atomic E-state index is 0.0354. The number of aromatic amines is 1. The van der Waals surface area contributed by atoms with Crippen LogP contribution in [0.5, 0.6) is 0 Å². The lowest BCUT2D eigenvalue weighted by atomic mass is 10.4. The zero-order valence-corrected chi connectivity index (χ0v) is 10.0. The average Bonchev–Trinajstić information content (AvgIpc) is 2.97. The van der Waals surface area contributed by atoms with Crippen LogP contribution in [0.2, 0.25) is 0 Å². The lowest BCUT2D eigenvalue weighted by molar-refractivity contribution is -0.128. The van der Waals surface area contributed by atoms with E-state index < -0.39 is 10.0 Å². The van der Waals surface area contributed by atoms with Crippen molar-refractivity contribution in [2.75, 3.05) is 19.6 Å². The van der Waals surface area contributed by atoms with E-state index in [1.165, 1.54) is 12.3 Å². The van der Waals surface area contributed by atoms with Crippen molar-refractivity contribution in [2.45, 2.75) is 17.9 Å². The van der Waals surface area contributed by atoms with Gasteiger partial charge in [-0.25, -0.2) is 13.1 Å². The Morgan fingerprint density at radius 1 is 1.47 bits per heavy atom.